The summed E-state index contributed by atoms with van der Waals surface area (Å²) >= 11 is 2.65. The Morgan fingerprint density at radius 3 is 1.24 bits per heavy atom. The van der Waals surface area contributed by atoms with Crippen LogP contribution in [-0.4, -0.2) is 11.6 Å². The highest BCUT2D eigenvalue weighted by molar-refractivity contribution is 7.23. The number of benzene rings is 2. The second kappa shape index (κ2) is 24.8. The number of hydrogen-bond donors (Lipinski definition) is 0. The standard InChI is InChI=1S/C59H58F4N4O3S2/c1-3-5-7-9-11-13-15-17-19-21-23-59(24-22-20-18-16-14-12-10-8-6-4-2)47-27-39(25-45-53(37(33-64)34-65)41-29-48(60)50(62)31-43(41)55(45)68)71-57(47)58-52(70-59)28-40(72-58)26-46-54(38(35-66)36-67)42-30-49(61)51(63)32-44(42)56(46)69/h25-32H,3-24H2,1-2H3/b45-25-,46-26-. The minimum absolute atomic E-state index is 0.0409. The first-order chi connectivity index (χ1) is 34.9. The number of ether oxygens (including phenoxy) is 1. The molecular weight excluding hydrogens is 953 g/mol. The number of allylic oxidation sites excluding steroid dienone is 6. The van der Waals surface area contributed by atoms with Gasteiger partial charge in [0.1, 0.15) is 46.8 Å². The van der Waals surface area contributed by atoms with E-state index in [1.807, 2.05) is 30.3 Å². The summed E-state index contributed by atoms with van der Waals surface area (Å²) in [5, 5.41) is 40.0. The molecule has 0 radical (unpaired) electrons. The lowest BCUT2D eigenvalue weighted by molar-refractivity contribution is 0.0397. The number of nitriles is 4. The molecule has 3 heterocycles. The number of nitrogens with zero attached hydrogens (tertiary/aromatic N) is 4. The van der Waals surface area contributed by atoms with E-state index < -0.39 is 51.6 Å². The molecule has 3 aliphatic rings. The monoisotopic (exact) mass is 1010 g/mol. The molecule has 0 saturated heterocycles. The van der Waals surface area contributed by atoms with Crippen LogP contribution in [0.3, 0.4) is 0 Å². The Balaban J connectivity index is 1.30. The SMILES string of the molecule is CCCCCCCCCCCCC1(CCCCCCCCCCCC)Oc2cc(/C=C3\C(=O)c4cc(F)c(F)cc4C3=C(C#N)C#N)sc2-c2sc(/C=C3\C(=O)c4cc(F)c(F)cc4C3=C(C#N)C#N)cc21. The van der Waals surface area contributed by atoms with Crippen LogP contribution >= 0.6 is 22.7 Å². The van der Waals surface area contributed by atoms with Crippen molar-refractivity contribution in [2.45, 2.75) is 161 Å². The molecule has 2 aromatic carbocycles. The average molecular weight is 1010 g/mol. The average Bonchev–Trinajstić information content (AvgIpc) is 4.11. The van der Waals surface area contributed by atoms with E-state index in [-0.39, 0.29) is 44.5 Å². The lowest BCUT2D eigenvalue weighted by Crippen LogP contribution is -2.35. The molecular formula is C59H58F4N4O3S2. The van der Waals surface area contributed by atoms with E-state index in [9.17, 15) is 48.2 Å². The summed E-state index contributed by atoms with van der Waals surface area (Å²) in [5.41, 5.74) is -1.49. The highest BCUT2D eigenvalue weighted by Crippen LogP contribution is 2.57. The molecule has 0 spiro atoms. The minimum atomic E-state index is -1.24. The van der Waals surface area contributed by atoms with E-state index in [4.69, 9.17) is 4.74 Å². The number of fused-ring (bicyclic) bond motifs is 5. The third-order valence-electron chi connectivity index (χ3n) is 14.0. The zero-order valence-electron chi connectivity index (χ0n) is 41.0. The number of unbranched alkanes of at least 4 members (excludes halogenated alkanes) is 18. The summed E-state index contributed by atoms with van der Waals surface area (Å²) in [6, 6.07) is 14.3. The molecule has 0 N–H and O–H groups in total. The van der Waals surface area contributed by atoms with Gasteiger partial charge < -0.3 is 4.74 Å². The minimum Gasteiger partial charge on any atom is -0.481 e. The van der Waals surface area contributed by atoms with Crippen LogP contribution < -0.4 is 4.74 Å². The maximum Gasteiger partial charge on any atom is 0.194 e. The van der Waals surface area contributed by atoms with E-state index in [0.29, 0.717) is 33.2 Å². The van der Waals surface area contributed by atoms with Crippen LogP contribution in [0.4, 0.5) is 17.6 Å². The van der Waals surface area contributed by atoms with Gasteiger partial charge in [0, 0.05) is 48.7 Å². The van der Waals surface area contributed by atoms with Crippen molar-refractivity contribution >= 4 is 57.5 Å². The number of carbonyl (C=O) groups is 2. The molecule has 0 atom stereocenters. The van der Waals surface area contributed by atoms with Gasteiger partial charge in [0.25, 0.3) is 0 Å². The molecule has 0 fully saturated rings. The van der Waals surface area contributed by atoms with Crippen molar-refractivity contribution < 1.29 is 31.9 Å². The normalized spacial score (nSPS) is 15.1. The molecule has 2 aromatic heterocycles. The molecule has 4 aromatic rings. The van der Waals surface area contributed by atoms with Crippen molar-refractivity contribution in [3.05, 3.63) is 120 Å². The topological polar surface area (TPSA) is 139 Å². The Labute approximate surface area is 428 Å². The van der Waals surface area contributed by atoms with Gasteiger partial charge >= 0.3 is 0 Å². The summed E-state index contributed by atoms with van der Waals surface area (Å²) < 4.78 is 65.9. The van der Waals surface area contributed by atoms with Gasteiger partial charge in [-0.1, -0.05) is 129 Å². The van der Waals surface area contributed by atoms with Crippen LogP contribution in [0.2, 0.25) is 0 Å². The molecule has 0 unspecified atom stereocenters. The van der Waals surface area contributed by atoms with Crippen LogP contribution in [-0.2, 0) is 5.60 Å². The first-order valence-corrected chi connectivity index (χ1v) is 27.2. The zero-order chi connectivity index (χ0) is 51.4. The van der Waals surface area contributed by atoms with Crippen LogP contribution in [0.5, 0.6) is 5.75 Å². The lowest BCUT2D eigenvalue weighted by Gasteiger charge is -2.38. The van der Waals surface area contributed by atoms with Crippen LogP contribution in [0.25, 0.3) is 33.1 Å². The van der Waals surface area contributed by atoms with Gasteiger partial charge in [-0.25, -0.2) is 17.6 Å². The molecule has 2 aliphatic carbocycles. The number of rotatable bonds is 24. The highest BCUT2D eigenvalue weighted by atomic mass is 32.1. The number of thiophene rings is 2. The third-order valence-corrected chi connectivity index (χ3v) is 16.3. The molecule has 372 valence electrons. The molecule has 0 amide bonds. The number of halogens is 4. The number of carbonyl (C=O) groups excluding carboxylic acids is 2. The van der Waals surface area contributed by atoms with Crippen molar-refractivity contribution in [2.24, 2.45) is 0 Å². The van der Waals surface area contributed by atoms with Gasteiger partial charge in [0.05, 0.1) is 9.75 Å². The van der Waals surface area contributed by atoms with E-state index >= 15 is 0 Å². The van der Waals surface area contributed by atoms with Gasteiger partial charge in [-0.15, -0.1) is 22.7 Å². The molecule has 7 rings (SSSR count). The first kappa shape index (κ1) is 53.4. The largest absolute Gasteiger partial charge is 0.481 e. The maximum atomic E-state index is 14.7. The number of ketones is 2. The van der Waals surface area contributed by atoms with Crippen molar-refractivity contribution in [1.29, 1.82) is 21.0 Å². The lowest BCUT2D eigenvalue weighted by atomic mass is 9.81. The Hall–Kier alpha value is -6.38. The predicted molar refractivity (Wildman–Crippen MR) is 276 cm³/mol. The van der Waals surface area contributed by atoms with Crippen molar-refractivity contribution in [1.82, 2.24) is 0 Å². The van der Waals surface area contributed by atoms with E-state index in [0.717, 1.165) is 86.1 Å². The quantitative estimate of drug-likeness (QED) is 0.0295. The fraction of sp³-hybridized carbons (Fsp3) is 0.424. The molecule has 72 heavy (non-hydrogen) atoms. The smallest absolute Gasteiger partial charge is 0.194 e. The van der Waals surface area contributed by atoms with Crippen LogP contribution in [0.1, 0.15) is 202 Å². The predicted octanol–water partition coefficient (Wildman–Crippen LogP) is 17.4. The van der Waals surface area contributed by atoms with Crippen molar-refractivity contribution in [2.75, 3.05) is 0 Å². The molecule has 7 nitrogen and oxygen atoms in total. The van der Waals surface area contributed by atoms with E-state index in [2.05, 4.69) is 13.8 Å². The van der Waals surface area contributed by atoms with E-state index in [1.165, 1.54) is 106 Å². The maximum absolute atomic E-state index is 14.7. The van der Waals surface area contributed by atoms with Gasteiger partial charge in [-0.3, -0.25) is 9.59 Å². The highest BCUT2D eigenvalue weighted by Gasteiger charge is 2.44. The van der Waals surface area contributed by atoms with Gasteiger partial charge in [-0.2, -0.15) is 21.0 Å². The van der Waals surface area contributed by atoms with Gasteiger partial charge in [0.2, 0.25) is 0 Å². The molecule has 0 bridgehead atoms. The fourth-order valence-electron chi connectivity index (χ4n) is 10.3. The second-order valence-electron chi connectivity index (χ2n) is 19.0. The first-order valence-electron chi connectivity index (χ1n) is 25.5. The van der Waals surface area contributed by atoms with Crippen LogP contribution in [0.15, 0.2) is 58.7 Å². The Kier molecular flexibility index (Phi) is 18.4. The third kappa shape index (κ3) is 11.6. The van der Waals surface area contributed by atoms with Gasteiger partial charge in [-0.05, 0) is 85.4 Å². The Morgan fingerprint density at radius 1 is 0.500 bits per heavy atom. The van der Waals surface area contributed by atoms with Crippen molar-refractivity contribution in [3.8, 4) is 39.8 Å². The second-order valence-corrected chi connectivity index (χ2v) is 21.2. The molecule has 13 heteroatoms. The summed E-state index contributed by atoms with van der Waals surface area (Å²) in [6.45, 7) is 4.43. The summed E-state index contributed by atoms with van der Waals surface area (Å²) in [7, 11) is 0. The molecule has 1 aliphatic heterocycles. The van der Waals surface area contributed by atoms with Crippen LogP contribution in [0, 0.1) is 68.6 Å². The summed E-state index contributed by atoms with van der Waals surface area (Å²) in [5.74, 6) is -5.71. The Morgan fingerprint density at radius 2 is 0.847 bits per heavy atom. The molecule has 0 saturated carbocycles. The Bertz CT molecular complexity index is 2980. The zero-order valence-corrected chi connectivity index (χ0v) is 42.7. The number of hydrogen-bond acceptors (Lipinski definition) is 9. The van der Waals surface area contributed by atoms with Crippen molar-refractivity contribution in [3.63, 3.8) is 0 Å². The van der Waals surface area contributed by atoms with E-state index in [1.54, 1.807) is 12.1 Å². The summed E-state index contributed by atoms with van der Waals surface area (Å²) in [6.07, 6.45) is 27.3. The van der Waals surface area contributed by atoms with Gasteiger partial charge in [0.15, 0.2) is 34.8 Å². The summed E-state index contributed by atoms with van der Waals surface area (Å²) in [4.78, 5) is 30.7. The fourth-order valence-corrected chi connectivity index (χ4v) is 12.7. The number of Topliss-reactive ketones (excluding diaryl/α,β-unsaturated/α-hetero) is 2.